The number of nitrogens with zero attached hydrogens (tertiary/aromatic N) is 4. The third kappa shape index (κ3) is 4.45. The highest BCUT2D eigenvalue weighted by Crippen LogP contribution is 2.35. The second-order valence-electron chi connectivity index (χ2n) is 9.30. The van der Waals surface area contributed by atoms with E-state index < -0.39 is 35.0 Å². The number of benzene rings is 3. The van der Waals surface area contributed by atoms with E-state index in [1.807, 2.05) is 44.2 Å². The van der Waals surface area contributed by atoms with Crippen molar-refractivity contribution in [3.63, 3.8) is 0 Å². The average molecular weight is 505 g/mol. The molecule has 9 heteroatoms. The number of carbonyl (C=O) groups is 2. The lowest BCUT2D eigenvalue weighted by atomic mass is 9.83. The molecule has 0 aliphatic carbocycles. The number of hydrogen-bond donors (Lipinski definition) is 1. The van der Waals surface area contributed by atoms with Crippen LogP contribution < -0.4 is 0 Å². The van der Waals surface area contributed by atoms with Crippen molar-refractivity contribution < 1.29 is 23.5 Å². The second-order valence-corrected chi connectivity index (χ2v) is 9.30. The number of halogens is 2. The summed E-state index contributed by atoms with van der Waals surface area (Å²) in [6.07, 6.45) is 0.405. The Morgan fingerprint density at radius 3 is 2.54 bits per heavy atom. The van der Waals surface area contributed by atoms with Gasteiger partial charge in [-0.25, -0.2) is 13.5 Å². The maximum Gasteiger partial charge on any atom is 0.304 e. The number of amides is 1. The number of carbonyl (C=O) groups excluding carboxylic acids is 1. The molecule has 0 spiro atoms. The van der Waals surface area contributed by atoms with Crippen LogP contribution in [0.2, 0.25) is 0 Å². The van der Waals surface area contributed by atoms with Crippen LogP contribution in [0, 0.1) is 18.6 Å². The predicted octanol–water partition coefficient (Wildman–Crippen LogP) is 4.84. The zero-order valence-corrected chi connectivity index (χ0v) is 20.5. The van der Waals surface area contributed by atoms with Crippen LogP contribution in [-0.4, -0.2) is 43.4 Å². The molecule has 0 fully saturated rings. The molecule has 7 nitrogen and oxygen atoms in total. The molecule has 0 radical (unpaired) electrons. The quantitative estimate of drug-likeness (QED) is 0.406. The summed E-state index contributed by atoms with van der Waals surface area (Å²) in [7, 11) is 0. The van der Waals surface area contributed by atoms with E-state index in [9.17, 15) is 23.5 Å². The number of aliphatic carboxylic acids is 1. The van der Waals surface area contributed by atoms with E-state index in [4.69, 9.17) is 0 Å². The van der Waals surface area contributed by atoms with Gasteiger partial charge in [0, 0.05) is 25.6 Å². The van der Waals surface area contributed by atoms with Gasteiger partial charge >= 0.3 is 5.97 Å². The highest BCUT2D eigenvalue weighted by Gasteiger charge is 2.28. The van der Waals surface area contributed by atoms with Gasteiger partial charge in [-0.3, -0.25) is 9.59 Å². The predicted molar refractivity (Wildman–Crippen MR) is 133 cm³/mol. The van der Waals surface area contributed by atoms with Gasteiger partial charge in [-0.1, -0.05) is 35.5 Å². The van der Waals surface area contributed by atoms with Crippen LogP contribution in [0.25, 0.3) is 11.0 Å². The normalized spacial score (nSPS) is 14.0. The lowest BCUT2D eigenvalue weighted by molar-refractivity contribution is -0.137. The number of carboxylic acids is 1. The Morgan fingerprint density at radius 2 is 1.84 bits per heavy atom. The number of rotatable bonds is 6. The molecule has 190 valence electrons. The van der Waals surface area contributed by atoms with E-state index in [0.29, 0.717) is 19.5 Å². The van der Waals surface area contributed by atoms with E-state index in [-0.39, 0.29) is 13.0 Å². The van der Waals surface area contributed by atoms with Crippen LogP contribution in [0.15, 0.2) is 48.5 Å². The monoisotopic (exact) mass is 504 g/mol. The van der Waals surface area contributed by atoms with E-state index >= 15 is 0 Å². The Hall–Kier alpha value is -4.14. The van der Waals surface area contributed by atoms with Crippen molar-refractivity contribution in [2.45, 2.75) is 45.7 Å². The van der Waals surface area contributed by atoms with E-state index in [1.54, 1.807) is 4.68 Å². The van der Waals surface area contributed by atoms with Gasteiger partial charge in [-0.05, 0) is 66.3 Å². The molecule has 1 aliphatic heterocycles. The summed E-state index contributed by atoms with van der Waals surface area (Å²) >= 11 is 0. The largest absolute Gasteiger partial charge is 0.481 e. The maximum absolute atomic E-state index is 14.2. The van der Waals surface area contributed by atoms with Gasteiger partial charge in [0.15, 0.2) is 0 Å². The van der Waals surface area contributed by atoms with Crippen LogP contribution in [-0.2, 0) is 24.3 Å². The van der Waals surface area contributed by atoms with E-state index in [1.165, 1.54) is 11.0 Å². The van der Waals surface area contributed by atoms with Gasteiger partial charge in [-0.2, -0.15) is 0 Å². The molecule has 3 aromatic carbocycles. The molecule has 1 aliphatic rings. The summed E-state index contributed by atoms with van der Waals surface area (Å²) in [4.78, 5) is 26.3. The molecule has 1 aromatic heterocycles. The van der Waals surface area contributed by atoms with Crippen LogP contribution in [0.4, 0.5) is 8.78 Å². The Labute approximate surface area is 212 Å². The smallest absolute Gasteiger partial charge is 0.304 e. The Kier molecular flexibility index (Phi) is 6.45. The molecular formula is C28H26F2N4O3. The fourth-order valence-corrected chi connectivity index (χ4v) is 5.20. The lowest BCUT2D eigenvalue weighted by Gasteiger charge is -2.30. The van der Waals surface area contributed by atoms with Crippen molar-refractivity contribution >= 4 is 22.9 Å². The van der Waals surface area contributed by atoms with Crippen molar-refractivity contribution in [1.29, 1.82) is 0 Å². The highest BCUT2D eigenvalue weighted by atomic mass is 19.1. The van der Waals surface area contributed by atoms with Crippen molar-refractivity contribution in [3.8, 4) is 0 Å². The first-order valence-corrected chi connectivity index (χ1v) is 12.2. The minimum absolute atomic E-state index is 0.129. The van der Waals surface area contributed by atoms with E-state index in [0.717, 1.165) is 51.0 Å². The first kappa shape index (κ1) is 24.5. The summed E-state index contributed by atoms with van der Waals surface area (Å²) in [6, 6.07) is 13.0. The Balaban J connectivity index is 1.51. The first-order chi connectivity index (χ1) is 17.8. The SMILES string of the molecule is CCn1nnc2c(C)c([C@@H](CC(=O)O)c3ccc4c(c3)CN(C(=O)c3c(F)cccc3F)CC4)ccc21. The minimum atomic E-state index is -0.939. The molecule has 5 rings (SSSR count). The third-order valence-electron chi connectivity index (χ3n) is 7.14. The van der Waals surface area contributed by atoms with Gasteiger partial charge in [0.25, 0.3) is 5.91 Å². The molecule has 0 saturated carbocycles. The first-order valence-electron chi connectivity index (χ1n) is 12.2. The Bertz CT molecular complexity index is 1510. The van der Waals surface area contributed by atoms with Gasteiger partial charge in [-0.15, -0.1) is 5.10 Å². The van der Waals surface area contributed by atoms with Crippen LogP contribution in [0.5, 0.6) is 0 Å². The fourth-order valence-electron chi connectivity index (χ4n) is 5.20. The molecule has 1 atom stereocenters. The van der Waals surface area contributed by atoms with Crippen LogP contribution in [0.3, 0.4) is 0 Å². The number of carboxylic acid groups (broad SMARTS) is 1. The van der Waals surface area contributed by atoms with Crippen molar-refractivity contribution in [2.75, 3.05) is 6.54 Å². The fraction of sp³-hybridized carbons (Fsp3) is 0.286. The second kappa shape index (κ2) is 9.72. The summed E-state index contributed by atoms with van der Waals surface area (Å²) in [5.74, 6) is -3.87. The lowest BCUT2D eigenvalue weighted by Crippen LogP contribution is -2.37. The molecule has 4 aromatic rings. The summed E-state index contributed by atoms with van der Waals surface area (Å²) in [5, 5.41) is 18.2. The molecular weight excluding hydrogens is 478 g/mol. The molecule has 1 amide bonds. The van der Waals surface area contributed by atoms with Crippen molar-refractivity contribution in [1.82, 2.24) is 19.9 Å². The van der Waals surface area contributed by atoms with Crippen LogP contribution >= 0.6 is 0 Å². The summed E-state index contributed by atoms with van der Waals surface area (Å²) in [6.45, 7) is 5.08. The van der Waals surface area contributed by atoms with E-state index in [2.05, 4.69) is 10.3 Å². The van der Waals surface area contributed by atoms with Gasteiger partial charge in [0.2, 0.25) is 0 Å². The zero-order valence-electron chi connectivity index (χ0n) is 20.5. The standard InChI is InChI=1S/C28H26F2N4O3/c1-3-34-24-10-9-20(16(2)27(24)31-32-34)21(14-25(35)36)18-8-7-17-11-12-33(15-19(17)13-18)28(37)26-22(29)5-4-6-23(26)30/h4-10,13,21H,3,11-12,14-15H2,1-2H3,(H,35,36)/t21-/m0/s1. The summed E-state index contributed by atoms with van der Waals surface area (Å²) in [5.41, 5.74) is 5.42. The van der Waals surface area contributed by atoms with Crippen LogP contribution in [0.1, 0.15) is 57.4 Å². The van der Waals surface area contributed by atoms with Crippen molar-refractivity contribution in [3.05, 3.63) is 93.5 Å². The third-order valence-corrected chi connectivity index (χ3v) is 7.14. The molecule has 2 heterocycles. The number of fused-ring (bicyclic) bond motifs is 2. The Morgan fingerprint density at radius 1 is 1.08 bits per heavy atom. The summed E-state index contributed by atoms with van der Waals surface area (Å²) < 4.78 is 30.3. The maximum atomic E-state index is 14.2. The molecule has 37 heavy (non-hydrogen) atoms. The minimum Gasteiger partial charge on any atom is -0.481 e. The number of aromatic nitrogens is 3. The molecule has 1 N–H and O–H groups in total. The average Bonchev–Trinajstić information content (AvgIpc) is 3.31. The van der Waals surface area contributed by atoms with Gasteiger partial charge < -0.3 is 10.0 Å². The molecule has 0 saturated heterocycles. The highest BCUT2D eigenvalue weighted by molar-refractivity contribution is 5.95. The number of hydrogen-bond acceptors (Lipinski definition) is 4. The topological polar surface area (TPSA) is 88.3 Å². The van der Waals surface area contributed by atoms with Crippen molar-refractivity contribution in [2.24, 2.45) is 0 Å². The zero-order chi connectivity index (χ0) is 26.3. The number of aryl methyl sites for hydroxylation is 2. The van der Waals surface area contributed by atoms with Gasteiger partial charge in [0.05, 0.1) is 11.9 Å². The van der Waals surface area contributed by atoms with Gasteiger partial charge in [0.1, 0.15) is 22.7 Å². The molecule has 0 unspecified atom stereocenters. The molecule has 0 bridgehead atoms.